The highest BCUT2D eigenvalue weighted by Crippen LogP contribution is 2.31. The Hall–Kier alpha value is -2.68. The number of hydrogen-bond acceptors (Lipinski definition) is 5. The summed E-state index contributed by atoms with van der Waals surface area (Å²) in [7, 11) is 0. The molecule has 2 aromatic heterocycles. The lowest BCUT2D eigenvalue weighted by atomic mass is 10.2. The average Bonchev–Trinajstić information content (AvgIpc) is 3.12. The molecule has 0 bridgehead atoms. The standard InChI is InChI=1S/C20H13BrN4OS2/c21-14-8-13(10-22-11-14)18(26)25-20(27)23-15-5-3-4-12(9-15)19-24-16-6-1-2-7-17(16)28-19/h1-11H,(H2,23,25,26,27). The molecular formula is C20H13BrN4OS2. The van der Waals surface area contributed by atoms with Gasteiger partial charge >= 0.3 is 0 Å². The van der Waals surface area contributed by atoms with Crippen LogP contribution in [0.4, 0.5) is 5.69 Å². The molecule has 1 amide bonds. The Morgan fingerprint density at radius 3 is 2.75 bits per heavy atom. The molecule has 0 spiro atoms. The van der Waals surface area contributed by atoms with Crippen LogP contribution in [-0.4, -0.2) is 21.0 Å². The van der Waals surface area contributed by atoms with Gasteiger partial charge in [0.1, 0.15) is 5.01 Å². The average molecular weight is 469 g/mol. The van der Waals surface area contributed by atoms with Crippen molar-refractivity contribution < 1.29 is 4.79 Å². The lowest BCUT2D eigenvalue weighted by molar-refractivity contribution is 0.0977. The van der Waals surface area contributed by atoms with Gasteiger partial charge in [0.05, 0.1) is 15.8 Å². The number of amides is 1. The lowest BCUT2D eigenvalue weighted by Crippen LogP contribution is -2.34. The maximum Gasteiger partial charge on any atom is 0.259 e. The zero-order valence-corrected chi connectivity index (χ0v) is 17.6. The zero-order valence-electron chi connectivity index (χ0n) is 14.3. The molecule has 0 saturated carbocycles. The molecule has 0 fully saturated rings. The number of thiazole rings is 1. The number of nitrogens with one attached hydrogen (secondary N) is 2. The number of fused-ring (bicyclic) bond motifs is 1. The van der Waals surface area contributed by atoms with E-state index in [2.05, 4.69) is 42.6 Å². The quantitative estimate of drug-likeness (QED) is 0.402. The van der Waals surface area contributed by atoms with Crippen LogP contribution in [0.25, 0.3) is 20.8 Å². The second-order valence-corrected chi connectivity index (χ2v) is 8.22. The minimum atomic E-state index is -0.325. The number of anilines is 1. The Morgan fingerprint density at radius 1 is 1.07 bits per heavy atom. The number of rotatable bonds is 3. The second kappa shape index (κ2) is 8.14. The smallest absolute Gasteiger partial charge is 0.259 e. The number of pyridine rings is 1. The van der Waals surface area contributed by atoms with Gasteiger partial charge in [-0.3, -0.25) is 15.1 Å². The summed E-state index contributed by atoms with van der Waals surface area (Å²) in [6, 6.07) is 17.5. The van der Waals surface area contributed by atoms with Gasteiger partial charge in [-0.1, -0.05) is 24.3 Å². The molecule has 4 aromatic rings. The van der Waals surface area contributed by atoms with E-state index in [0.29, 0.717) is 5.56 Å². The fraction of sp³-hybridized carbons (Fsp3) is 0. The molecule has 0 unspecified atom stereocenters. The van der Waals surface area contributed by atoms with Crippen LogP contribution in [0, 0.1) is 0 Å². The van der Waals surface area contributed by atoms with Gasteiger partial charge in [0, 0.05) is 28.1 Å². The summed E-state index contributed by atoms with van der Waals surface area (Å²) in [5, 5.41) is 6.85. The van der Waals surface area contributed by atoms with E-state index in [-0.39, 0.29) is 11.0 Å². The van der Waals surface area contributed by atoms with Gasteiger partial charge in [-0.2, -0.15) is 0 Å². The molecule has 8 heteroatoms. The van der Waals surface area contributed by atoms with E-state index in [4.69, 9.17) is 12.2 Å². The topological polar surface area (TPSA) is 66.9 Å². The van der Waals surface area contributed by atoms with Gasteiger partial charge in [0.2, 0.25) is 0 Å². The Labute approximate surface area is 179 Å². The Kier molecular flexibility index (Phi) is 5.43. The third kappa shape index (κ3) is 4.24. The maximum absolute atomic E-state index is 12.3. The molecule has 2 heterocycles. The van der Waals surface area contributed by atoms with Gasteiger partial charge < -0.3 is 5.32 Å². The van der Waals surface area contributed by atoms with Crippen molar-refractivity contribution in [2.45, 2.75) is 0 Å². The van der Waals surface area contributed by atoms with Crippen molar-refractivity contribution in [2.24, 2.45) is 0 Å². The molecule has 0 saturated heterocycles. The first-order chi connectivity index (χ1) is 13.6. The molecule has 0 aliphatic carbocycles. The molecule has 0 aliphatic heterocycles. The predicted octanol–water partition coefficient (Wildman–Crippen LogP) is 5.25. The Balaban J connectivity index is 1.48. The summed E-state index contributed by atoms with van der Waals surface area (Å²) >= 11 is 10.2. The van der Waals surface area contributed by atoms with Crippen LogP contribution in [0.3, 0.4) is 0 Å². The van der Waals surface area contributed by atoms with Crippen LogP contribution in [-0.2, 0) is 0 Å². The van der Waals surface area contributed by atoms with Gasteiger partial charge in [-0.15, -0.1) is 11.3 Å². The highest BCUT2D eigenvalue weighted by atomic mass is 79.9. The van der Waals surface area contributed by atoms with Crippen LogP contribution in [0.2, 0.25) is 0 Å². The van der Waals surface area contributed by atoms with E-state index >= 15 is 0 Å². The summed E-state index contributed by atoms with van der Waals surface area (Å²) in [5.74, 6) is -0.325. The molecule has 138 valence electrons. The highest BCUT2D eigenvalue weighted by molar-refractivity contribution is 9.10. The molecule has 2 N–H and O–H groups in total. The molecule has 2 aromatic carbocycles. The number of carbonyl (C=O) groups excluding carboxylic acids is 1. The van der Waals surface area contributed by atoms with Crippen molar-refractivity contribution in [3.05, 3.63) is 77.0 Å². The second-order valence-electron chi connectivity index (χ2n) is 5.87. The lowest BCUT2D eigenvalue weighted by Gasteiger charge is -2.10. The fourth-order valence-electron chi connectivity index (χ4n) is 2.60. The van der Waals surface area contributed by atoms with E-state index in [1.54, 1.807) is 23.6 Å². The number of benzene rings is 2. The SMILES string of the molecule is O=C(NC(=S)Nc1cccc(-c2nc3ccccc3s2)c1)c1cncc(Br)c1. The third-order valence-corrected chi connectivity index (χ3v) is 5.58. The van der Waals surface area contributed by atoms with Crippen LogP contribution in [0.15, 0.2) is 71.5 Å². The zero-order chi connectivity index (χ0) is 19.5. The fourth-order valence-corrected chi connectivity index (χ4v) is 4.14. The van der Waals surface area contributed by atoms with Crippen molar-refractivity contribution in [3.63, 3.8) is 0 Å². The largest absolute Gasteiger partial charge is 0.332 e. The highest BCUT2D eigenvalue weighted by Gasteiger charge is 2.10. The number of aromatic nitrogens is 2. The van der Waals surface area contributed by atoms with Crippen LogP contribution >= 0.6 is 39.5 Å². The van der Waals surface area contributed by atoms with Crippen LogP contribution in [0.1, 0.15) is 10.4 Å². The van der Waals surface area contributed by atoms with E-state index in [9.17, 15) is 4.79 Å². The molecule has 0 radical (unpaired) electrons. The van der Waals surface area contributed by atoms with Crippen LogP contribution < -0.4 is 10.6 Å². The van der Waals surface area contributed by atoms with E-state index in [1.165, 1.54) is 6.20 Å². The normalized spacial score (nSPS) is 10.6. The number of nitrogens with zero attached hydrogens (tertiary/aromatic N) is 2. The first-order valence-electron chi connectivity index (χ1n) is 8.27. The number of hydrogen-bond donors (Lipinski definition) is 2. The van der Waals surface area contributed by atoms with Gasteiger partial charge in [0.25, 0.3) is 5.91 Å². The number of carbonyl (C=O) groups is 1. The van der Waals surface area contributed by atoms with Gasteiger partial charge in [-0.25, -0.2) is 4.98 Å². The first-order valence-corrected chi connectivity index (χ1v) is 10.3. The molecule has 4 rings (SSSR count). The summed E-state index contributed by atoms with van der Waals surface area (Å²) in [6.07, 6.45) is 3.09. The van der Waals surface area contributed by atoms with Crippen molar-refractivity contribution in [2.75, 3.05) is 5.32 Å². The van der Waals surface area contributed by atoms with Crippen molar-refractivity contribution in [3.8, 4) is 10.6 Å². The van der Waals surface area contributed by atoms with Crippen molar-refractivity contribution >= 4 is 66.4 Å². The number of halogens is 1. The predicted molar refractivity (Wildman–Crippen MR) is 121 cm³/mol. The Morgan fingerprint density at radius 2 is 1.93 bits per heavy atom. The molecule has 5 nitrogen and oxygen atoms in total. The molecule has 28 heavy (non-hydrogen) atoms. The number of thiocarbonyl (C=S) groups is 1. The summed E-state index contributed by atoms with van der Waals surface area (Å²) in [6.45, 7) is 0. The number of para-hydroxylation sites is 1. The van der Waals surface area contributed by atoms with Gasteiger partial charge in [-0.05, 0) is 58.5 Å². The van der Waals surface area contributed by atoms with E-state index < -0.39 is 0 Å². The van der Waals surface area contributed by atoms with Gasteiger partial charge in [0.15, 0.2) is 5.11 Å². The third-order valence-electron chi connectivity index (χ3n) is 3.86. The summed E-state index contributed by atoms with van der Waals surface area (Å²) in [5.41, 5.74) is 3.15. The molecule has 0 aliphatic rings. The Bertz CT molecular complexity index is 1160. The van der Waals surface area contributed by atoms with Crippen LogP contribution in [0.5, 0.6) is 0 Å². The minimum Gasteiger partial charge on any atom is -0.332 e. The first kappa shape index (κ1) is 18.7. The monoisotopic (exact) mass is 468 g/mol. The minimum absolute atomic E-state index is 0.214. The van der Waals surface area contributed by atoms with Crippen molar-refractivity contribution in [1.82, 2.24) is 15.3 Å². The van der Waals surface area contributed by atoms with E-state index in [1.807, 2.05) is 42.5 Å². The summed E-state index contributed by atoms with van der Waals surface area (Å²) < 4.78 is 1.86. The maximum atomic E-state index is 12.3. The van der Waals surface area contributed by atoms with Crippen molar-refractivity contribution in [1.29, 1.82) is 0 Å². The molecular weight excluding hydrogens is 456 g/mol. The van der Waals surface area contributed by atoms with E-state index in [0.717, 1.165) is 30.9 Å². The molecule has 0 atom stereocenters. The summed E-state index contributed by atoms with van der Waals surface area (Å²) in [4.78, 5) is 20.9.